The summed E-state index contributed by atoms with van der Waals surface area (Å²) < 4.78 is 5.77. The summed E-state index contributed by atoms with van der Waals surface area (Å²) >= 11 is 0. The van der Waals surface area contributed by atoms with Gasteiger partial charge in [-0.1, -0.05) is 111 Å². The van der Waals surface area contributed by atoms with Crippen LogP contribution in [-0.2, 0) is 20.7 Å². The van der Waals surface area contributed by atoms with Gasteiger partial charge in [-0.2, -0.15) is 0 Å². The van der Waals surface area contributed by atoms with Gasteiger partial charge in [0.15, 0.2) is 11.5 Å². The van der Waals surface area contributed by atoms with Crippen LogP contribution in [0.1, 0.15) is 61.9 Å². The second kappa shape index (κ2) is 14.8. The van der Waals surface area contributed by atoms with Crippen molar-refractivity contribution in [3.05, 3.63) is 131 Å². The molecule has 0 aromatic heterocycles. The zero-order chi connectivity index (χ0) is 37.2. The number of carbonyl (C=O) groups is 3. The number of amides is 3. The van der Waals surface area contributed by atoms with Crippen molar-refractivity contribution in [2.75, 3.05) is 13.7 Å². The number of nitrogens with zero attached hydrogens (tertiary/aromatic N) is 1. The Kier molecular flexibility index (Phi) is 10.2. The first-order valence-electron chi connectivity index (χ1n) is 17.6. The quantitative estimate of drug-likeness (QED) is 0.106. The summed E-state index contributed by atoms with van der Waals surface area (Å²) in [5.41, 5.74) is 4.31. The van der Waals surface area contributed by atoms with Crippen molar-refractivity contribution < 1.29 is 29.3 Å². The van der Waals surface area contributed by atoms with Gasteiger partial charge in [-0.25, -0.2) is 4.79 Å². The second-order valence-electron chi connectivity index (χ2n) is 14.2. The highest BCUT2D eigenvalue weighted by Gasteiger charge is 2.41. The predicted octanol–water partition coefficient (Wildman–Crippen LogP) is 7.45. The fourth-order valence-electron chi connectivity index (χ4n) is 7.30. The molecular weight excluding hydrogens is 654 g/mol. The summed E-state index contributed by atoms with van der Waals surface area (Å²) in [5.74, 6) is -2.08. The molecule has 3 atom stereocenters. The van der Waals surface area contributed by atoms with Crippen LogP contribution in [0.3, 0.4) is 0 Å². The minimum absolute atomic E-state index is 0.00618. The number of carbonyl (C=O) groups excluding carboxylic acids is 3. The maximum absolute atomic E-state index is 14.6. The van der Waals surface area contributed by atoms with E-state index in [9.17, 15) is 24.6 Å². The van der Waals surface area contributed by atoms with Crippen molar-refractivity contribution in [2.45, 2.75) is 57.7 Å². The lowest BCUT2D eigenvalue weighted by Gasteiger charge is -2.38. The maximum atomic E-state index is 14.6. The van der Waals surface area contributed by atoms with Crippen LogP contribution in [0.5, 0.6) is 11.5 Å². The number of hydrogen-bond acceptors (Lipinski definition) is 6. The summed E-state index contributed by atoms with van der Waals surface area (Å²) in [6, 6.07) is 32.9. The molecule has 3 amide bonds. The van der Waals surface area contributed by atoms with E-state index in [0.717, 1.165) is 38.6 Å². The van der Waals surface area contributed by atoms with Crippen LogP contribution in [-0.4, -0.2) is 58.3 Å². The van der Waals surface area contributed by atoms with Gasteiger partial charge in [0.25, 0.3) is 0 Å². The number of nitrogens with one attached hydrogen (secondary N) is 2. The number of likely N-dealkylation sites (N-methyl/N-ethyl adjacent to an activating group) is 1. The van der Waals surface area contributed by atoms with Crippen LogP contribution < -0.4 is 10.6 Å². The van der Waals surface area contributed by atoms with Gasteiger partial charge in [-0.05, 0) is 76.1 Å². The highest BCUT2D eigenvalue weighted by molar-refractivity contribution is 5.95. The van der Waals surface area contributed by atoms with Gasteiger partial charge in [0.2, 0.25) is 11.8 Å². The smallest absolute Gasteiger partial charge is 0.407 e. The number of phenolic OH excluding ortho intramolecular Hbond substituents is 2. The first-order valence-corrected chi connectivity index (χ1v) is 17.6. The number of phenols is 2. The van der Waals surface area contributed by atoms with Crippen LogP contribution in [0, 0.1) is 5.92 Å². The van der Waals surface area contributed by atoms with Crippen LogP contribution in [0.25, 0.3) is 21.9 Å². The van der Waals surface area contributed by atoms with Crippen LogP contribution in [0.4, 0.5) is 4.79 Å². The summed E-state index contributed by atoms with van der Waals surface area (Å²) in [4.78, 5) is 43.6. The zero-order valence-electron chi connectivity index (χ0n) is 30.1. The van der Waals surface area contributed by atoms with Crippen molar-refractivity contribution in [1.82, 2.24) is 15.5 Å². The largest absolute Gasteiger partial charge is 0.504 e. The number of ether oxygens (including phenoxy) is 1. The highest BCUT2D eigenvalue weighted by atomic mass is 16.5. The van der Waals surface area contributed by atoms with Crippen molar-refractivity contribution >= 4 is 28.7 Å². The zero-order valence-corrected chi connectivity index (χ0v) is 30.1. The van der Waals surface area contributed by atoms with Crippen molar-refractivity contribution in [3.8, 4) is 22.6 Å². The van der Waals surface area contributed by atoms with E-state index in [-0.39, 0.29) is 48.3 Å². The summed E-state index contributed by atoms with van der Waals surface area (Å²) in [6.07, 6.45) is -0.748. The Bertz CT molecular complexity index is 2080. The summed E-state index contributed by atoms with van der Waals surface area (Å²) in [6.45, 7) is 7.27. The van der Waals surface area contributed by atoms with Gasteiger partial charge < -0.3 is 30.5 Å². The third kappa shape index (κ3) is 7.17. The van der Waals surface area contributed by atoms with Gasteiger partial charge in [-0.15, -0.1) is 0 Å². The first kappa shape index (κ1) is 36.0. The van der Waals surface area contributed by atoms with E-state index in [4.69, 9.17) is 4.74 Å². The average Bonchev–Trinajstić information content (AvgIpc) is 3.46. The molecule has 0 saturated carbocycles. The minimum Gasteiger partial charge on any atom is -0.504 e. The molecule has 5 aromatic rings. The SMILES string of the molecule is CC(C)[C@H](NC(=O)OCC1c2ccccc2-c2ccccc21)C(=O)N[C@](C)(Cc1ccc(O)c(O)c1)C(=O)N(C)[C@H](C)c1cccc2ccccc12. The number of benzene rings is 5. The Balaban J connectivity index is 1.22. The molecule has 9 nitrogen and oxygen atoms in total. The molecule has 268 valence electrons. The fraction of sp³-hybridized carbons (Fsp3) is 0.279. The molecule has 0 spiro atoms. The minimum atomic E-state index is -1.52. The van der Waals surface area contributed by atoms with E-state index in [2.05, 4.69) is 22.8 Å². The molecule has 0 fully saturated rings. The Morgan fingerprint density at radius 1 is 0.808 bits per heavy atom. The maximum Gasteiger partial charge on any atom is 0.407 e. The molecule has 5 aromatic carbocycles. The van der Waals surface area contributed by atoms with Crippen molar-refractivity contribution in [3.63, 3.8) is 0 Å². The third-order valence-electron chi connectivity index (χ3n) is 10.2. The number of hydrogen-bond donors (Lipinski definition) is 4. The Hall–Kier alpha value is -5.83. The van der Waals surface area contributed by atoms with E-state index in [1.54, 1.807) is 38.8 Å². The van der Waals surface area contributed by atoms with Gasteiger partial charge in [0, 0.05) is 19.4 Å². The monoisotopic (exact) mass is 699 g/mol. The lowest BCUT2D eigenvalue weighted by atomic mass is 9.88. The predicted molar refractivity (Wildman–Crippen MR) is 202 cm³/mol. The molecule has 9 heteroatoms. The lowest BCUT2D eigenvalue weighted by Crippen LogP contribution is -2.62. The molecule has 6 rings (SSSR count). The summed E-state index contributed by atoms with van der Waals surface area (Å²) in [5, 5.41) is 28.0. The van der Waals surface area contributed by atoms with E-state index < -0.39 is 23.6 Å². The summed E-state index contributed by atoms with van der Waals surface area (Å²) in [7, 11) is 1.70. The van der Waals surface area contributed by atoms with E-state index in [0.29, 0.717) is 5.56 Å². The van der Waals surface area contributed by atoms with Crippen LogP contribution >= 0.6 is 0 Å². The molecule has 52 heavy (non-hydrogen) atoms. The van der Waals surface area contributed by atoms with Gasteiger partial charge >= 0.3 is 6.09 Å². The lowest BCUT2D eigenvalue weighted by molar-refractivity contribution is -0.142. The number of alkyl carbamates (subject to hydrolysis) is 1. The Labute approximate surface area is 304 Å². The standard InChI is InChI=1S/C43H45N3O6/c1-26(2)39(44-42(51)52-25-36-34-18-10-8-16-32(34)33-17-9-11-19-35(33)36)40(49)45-43(4,24-28-21-22-37(47)38(48)23-28)41(50)46(5)27(3)30-20-12-14-29-13-6-7-15-31(29)30/h6-23,26-27,36,39,47-48H,24-25H2,1-5H3,(H,44,51)(H,45,49)/t27-,39+,43-/m1/s1. The molecule has 0 unspecified atom stereocenters. The van der Waals surface area contributed by atoms with E-state index in [1.165, 1.54) is 12.1 Å². The van der Waals surface area contributed by atoms with Gasteiger partial charge in [0.1, 0.15) is 18.2 Å². The van der Waals surface area contributed by atoms with Gasteiger partial charge in [-0.3, -0.25) is 9.59 Å². The molecule has 0 bridgehead atoms. The molecule has 4 N–H and O–H groups in total. The number of rotatable bonds is 11. The normalized spacial score (nSPS) is 14.5. The topological polar surface area (TPSA) is 128 Å². The molecule has 0 aliphatic heterocycles. The van der Waals surface area contributed by atoms with E-state index in [1.807, 2.05) is 85.8 Å². The van der Waals surface area contributed by atoms with Crippen LogP contribution in [0.2, 0.25) is 0 Å². The fourth-order valence-corrected chi connectivity index (χ4v) is 7.30. The molecule has 0 radical (unpaired) electrons. The van der Waals surface area contributed by atoms with E-state index >= 15 is 0 Å². The highest BCUT2D eigenvalue weighted by Crippen LogP contribution is 2.44. The van der Waals surface area contributed by atoms with Crippen LogP contribution in [0.15, 0.2) is 109 Å². The molecule has 0 saturated heterocycles. The van der Waals surface area contributed by atoms with Crippen molar-refractivity contribution in [2.24, 2.45) is 5.92 Å². The average molecular weight is 700 g/mol. The Morgan fingerprint density at radius 2 is 1.42 bits per heavy atom. The molecule has 1 aliphatic rings. The third-order valence-corrected chi connectivity index (χ3v) is 10.2. The van der Waals surface area contributed by atoms with Crippen molar-refractivity contribution in [1.29, 1.82) is 0 Å². The Morgan fingerprint density at radius 3 is 2.08 bits per heavy atom. The molecule has 1 aliphatic carbocycles. The molecular formula is C43H45N3O6. The second-order valence-corrected chi connectivity index (χ2v) is 14.2. The number of fused-ring (bicyclic) bond motifs is 4. The van der Waals surface area contributed by atoms with Gasteiger partial charge in [0.05, 0.1) is 6.04 Å². The first-order chi connectivity index (χ1) is 24.9. The molecule has 0 heterocycles. The number of aromatic hydroxyl groups is 2.